The summed E-state index contributed by atoms with van der Waals surface area (Å²) in [4.78, 5) is 4.49. The number of aromatic nitrogens is 3. The Kier molecular flexibility index (Phi) is 3.54. The second kappa shape index (κ2) is 5.34. The maximum absolute atomic E-state index is 6.45. The topological polar surface area (TPSA) is 56.7 Å². The third-order valence-electron chi connectivity index (χ3n) is 3.43. The van der Waals surface area contributed by atoms with E-state index in [0.29, 0.717) is 0 Å². The van der Waals surface area contributed by atoms with Gasteiger partial charge in [-0.25, -0.2) is 0 Å². The summed E-state index contributed by atoms with van der Waals surface area (Å²) in [7, 11) is 0. The van der Waals surface area contributed by atoms with Gasteiger partial charge in [-0.3, -0.25) is 9.67 Å². The van der Waals surface area contributed by atoms with Crippen LogP contribution in [-0.4, -0.2) is 14.8 Å². The molecule has 0 radical (unpaired) electrons. The van der Waals surface area contributed by atoms with E-state index in [4.69, 9.17) is 5.73 Å². The van der Waals surface area contributed by atoms with E-state index in [1.807, 2.05) is 29.8 Å². The molecule has 0 saturated carbocycles. The van der Waals surface area contributed by atoms with Gasteiger partial charge in [0.1, 0.15) is 0 Å². The van der Waals surface area contributed by atoms with Crippen molar-refractivity contribution in [3.63, 3.8) is 0 Å². The molecule has 4 nitrogen and oxygen atoms in total. The Morgan fingerprint density at radius 2 is 2.10 bits per heavy atom. The monoisotopic (exact) mass is 330 g/mol. The van der Waals surface area contributed by atoms with Crippen molar-refractivity contribution < 1.29 is 0 Å². The molecule has 2 N–H and O–H groups in total. The van der Waals surface area contributed by atoms with Gasteiger partial charge >= 0.3 is 0 Å². The molecule has 0 aliphatic carbocycles. The maximum atomic E-state index is 6.45. The number of nitrogens with two attached hydrogens (primary N) is 1. The molecular weight excluding hydrogens is 316 g/mol. The summed E-state index contributed by atoms with van der Waals surface area (Å²) in [6.45, 7) is 2.82. The number of hydrogen-bond acceptors (Lipinski definition) is 3. The molecule has 0 amide bonds. The Morgan fingerprint density at radius 3 is 2.90 bits per heavy atom. The van der Waals surface area contributed by atoms with E-state index in [2.05, 4.69) is 38.1 Å². The zero-order valence-corrected chi connectivity index (χ0v) is 12.7. The molecule has 0 bridgehead atoms. The number of fused-ring (bicyclic) bond motifs is 1. The molecule has 0 saturated heterocycles. The van der Waals surface area contributed by atoms with Crippen molar-refractivity contribution in [3.8, 4) is 0 Å². The lowest BCUT2D eigenvalue weighted by molar-refractivity contribution is 0.596. The number of nitrogens with zero attached hydrogens (tertiary/aromatic N) is 3. The molecule has 1 aromatic carbocycles. The van der Waals surface area contributed by atoms with Crippen molar-refractivity contribution in [2.45, 2.75) is 19.5 Å². The van der Waals surface area contributed by atoms with Gasteiger partial charge in [0.15, 0.2) is 0 Å². The van der Waals surface area contributed by atoms with Gasteiger partial charge in [-0.15, -0.1) is 0 Å². The van der Waals surface area contributed by atoms with Crippen LogP contribution in [0.25, 0.3) is 10.8 Å². The number of rotatable bonds is 3. The van der Waals surface area contributed by atoms with Crippen molar-refractivity contribution in [2.24, 2.45) is 5.73 Å². The summed E-state index contributed by atoms with van der Waals surface area (Å²) in [6, 6.07) is 9.84. The van der Waals surface area contributed by atoms with Gasteiger partial charge in [-0.1, -0.05) is 24.3 Å². The van der Waals surface area contributed by atoms with E-state index in [0.717, 1.165) is 33.2 Å². The first kappa shape index (κ1) is 13.3. The second-order valence-electron chi connectivity index (χ2n) is 4.59. The first-order chi connectivity index (χ1) is 9.72. The molecule has 1 unspecified atom stereocenters. The van der Waals surface area contributed by atoms with E-state index >= 15 is 0 Å². The summed E-state index contributed by atoms with van der Waals surface area (Å²) in [5.74, 6) is 0. The summed E-state index contributed by atoms with van der Waals surface area (Å²) >= 11 is 3.53. The van der Waals surface area contributed by atoms with Crippen molar-refractivity contribution >= 4 is 26.7 Å². The third kappa shape index (κ3) is 2.13. The Balaban J connectivity index is 2.17. The van der Waals surface area contributed by atoms with Crippen LogP contribution in [0.3, 0.4) is 0 Å². The lowest BCUT2D eigenvalue weighted by atomic mass is 10.0. The zero-order chi connectivity index (χ0) is 14.1. The predicted octanol–water partition coefficient (Wildman–Crippen LogP) is 3.26. The van der Waals surface area contributed by atoms with E-state index < -0.39 is 0 Å². The predicted molar refractivity (Wildman–Crippen MR) is 83.4 cm³/mol. The summed E-state index contributed by atoms with van der Waals surface area (Å²) in [6.07, 6.45) is 3.59. The molecule has 0 aliphatic rings. The fourth-order valence-corrected chi connectivity index (χ4v) is 3.00. The lowest BCUT2D eigenvalue weighted by Crippen LogP contribution is -2.19. The molecule has 20 heavy (non-hydrogen) atoms. The van der Waals surface area contributed by atoms with E-state index in [1.165, 1.54) is 0 Å². The van der Waals surface area contributed by atoms with E-state index in [9.17, 15) is 0 Å². The molecule has 1 atom stereocenters. The molecule has 5 heteroatoms. The average Bonchev–Trinajstić information content (AvgIpc) is 2.87. The average molecular weight is 331 g/mol. The highest BCUT2D eigenvalue weighted by molar-refractivity contribution is 9.10. The highest BCUT2D eigenvalue weighted by Crippen LogP contribution is 2.29. The van der Waals surface area contributed by atoms with Crippen LogP contribution < -0.4 is 5.73 Å². The quantitative estimate of drug-likeness (QED) is 0.801. The molecule has 0 aliphatic heterocycles. The largest absolute Gasteiger partial charge is 0.318 e. The maximum Gasteiger partial charge on any atom is 0.0914 e. The van der Waals surface area contributed by atoms with Crippen molar-refractivity contribution in [3.05, 3.63) is 58.6 Å². The first-order valence-electron chi connectivity index (χ1n) is 6.52. The number of aryl methyl sites for hydroxylation is 1. The molecule has 2 aromatic heterocycles. The smallest absolute Gasteiger partial charge is 0.0914 e. The number of halogens is 1. The third-order valence-corrected chi connectivity index (χ3v) is 4.04. The van der Waals surface area contributed by atoms with Gasteiger partial charge in [0.25, 0.3) is 0 Å². The van der Waals surface area contributed by atoms with Crippen molar-refractivity contribution in [2.75, 3.05) is 0 Å². The van der Waals surface area contributed by atoms with E-state index in [1.54, 1.807) is 12.4 Å². The van der Waals surface area contributed by atoms with Gasteiger partial charge in [-0.2, -0.15) is 5.10 Å². The van der Waals surface area contributed by atoms with Gasteiger partial charge in [-0.05, 0) is 34.3 Å². The van der Waals surface area contributed by atoms with Gasteiger partial charge in [0.05, 0.1) is 28.1 Å². The summed E-state index contributed by atoms with van der Waals surface area (Å²) < 4.78 is 2.82. The van der Waals surface area contributed by atoms with Crippen LogP contribution in [0.15, 0.2) is 47.2 Å². The van der Waals surface area contributed by atoms with Gasteiger partial charge < -0.3 is 5.73 Å². The molecule has 102 valence electrons. The van der Waals surface area contributed by atoms with Crippen LogP contribution in [0.1, 0.15) is 24.4 Å². The molecular formula is C15H15BrN4. The zero-order valence-electron chi connectivity index (χ0n) is 11.1. The lowest BCUT2D eigenvalue weighted by Gasteiger charge is -2.15. The van der Waals surface area contributed by atoms with Crippen molar-refractivity contribution in [1.29, 1.82) is 0 Å². The van der Waals surface area contributed by atoms with Gasteiger partial charge in [0, 0.05) is 18.1 Å². The molecule has 3 rings (SSSR count). The Morgan fingerprint density at radius 1 is 1.30 bits per heavy atom. The highest BCUT2D eigenvalue weighted by atomic mass is 79.9. The standard InChI is InChI=1S/C15H15BrN4/c1-2-20-15(12(16)9-19-20)13(17)14-11-6-4-3-5-10(11)7-8-18-14/h3-9,13H,2,17H2,1H3. The minimum absolute atomic E-state index is 0.307. The van der Waals surface area contributed by atoms with Crippen molar-refractivity contribution in [1.82, 2.24) is 14.8 Å². The Hall–Kier alpha value is -1.72. The number of hydrogen-bond donors (Lipinski definition) is 1. The molecule has 2 heterocycles. The first-order valence-corrected chi connectivity index (χ1v) is 7.32. The van der Waals surface area contributed by atoms with Crippen LogP contribution in [0.4, 0.5) is 0 Å². The number of benzene rings is 1. The normalized spacial score (nSPS) is 12.8. The van der Waals surface area contributed by atoms with E-state index in [-0.39, 0.29) is 6.04 Å². The van der Waals surface area contributed by atoms with Crippen LogP contribution in [-0.2, 0) is 6.54 Å². The second-order valence-corrected chi connectivity index (χ2v) is 5.44. The fourth-order valence-electron chi connectivity index (χ4n) is 2.45. The number of pyridine rings is 1. The van der Waals surface area contributed by atoms with Crippen LogP contribution in [0.5, 0.6) is 0 Å². The minimum Gasteiger partial charge on any atom is -0.318 e. The van der Waals surface area contributed by atoms with Crippen LogP contribution in [0.2, 0.25) is 0 Å². The Labute approximate surface area is 125 Å². The molecule has 0 spiro atoms. The fraction of sp³-hybridized carbons (Fsp3) is 0.200. The van der Waals surface area contributed by atoms with Crippen LogP contribution >= 0.6 is 15.9 Å². The minimum atomic E-state index is -0.307. The van der Waals surface area contributed by atoms with Gasteiger partial charge in [0.2, 0.25) is 0 Å². The molecule has 0 fully saturated rings. The molecule has 3 aromatic rings. The highest BCUT2D eigenvalue weighted by Gasteiger charge is 2.20. The SMILES string of the molecule is CCn1ncc(Br)c1C(N)c1nccc2ccccc12. The summed E-state index contributed by atoms with van der Waals surface area (Å²) in [5.41, 5.74) is 8.28. The summed E-state index contributed by atoms with van der Waals surface area (Å²) in [5, 5.41) is 6.55. The Bertz CT molecular complexity index is 745. The van der Waals surface area contributed by atoms with Crippen LogP contribution in [0, 0.1) is 0 Å².